The average molecular weight is 537 g/mol. The highest BCUT2D eigenvalue weighted by Crippen LogP contribution is 2.36. The Morgan fingerprint density at radius 2 is 1.50 bits per heavy atom. The van der Waals surface area contributed by atoms with Gasteiger partial charge >= 0.3 is 12.4 Å². The molecular weight excluding hydrogens is 510 g/mol. The molecule has 3 aromatic rings. The molecule has 1 saturated heterocycles. The van der Waals surface area contributed by atoms with Crippen LogP contribution in [-0.2, 0) is 18.8 Å². The third-order valence-electron chi connectivity index (χ3n) is 6.39. The number of alkyl halides is 6. The summed E-state index contributed by atoms with van der Waals surface area (Å²) in [5.41, 5.74) is -1.30. The van der Waals surface area contributed by atoms with Crippen molar-refractivity contribution in [3.63, 3.8) is 0 Å². The number of aromatic nitrogens is 1. The molecule has 0 aliphatic carbocycles. The number of nitrogens with zero attached hydrogens (tertiary/aromatic N) is 3. The highest BCUT2D eigenvalue weighted by atomic mass is 19.4. The molecular formula is C27H26F6N4O. The van der Waals surface area contributed by atoms with E-state index in [-0.39, 0.29) is 24.6 Å². The molecule has 0 unspecified atom stereocenters. The zero-order valence-corrected chi connectivity index (χ0v) is 20.5. The lowest BCUT2D eigenvalue weighted by atomic mass is 10.0. The number of hydrogen-bond acceptors (Lipinski definition) is 4. The van der Waals surface area contributed by atoms with Gasteiger partial charge in [-0.1, -0.05) is 30.3 Å². The minimum absolute atomic E-state index is 0.0884. The second-order valence-electron chi connectivity index (χ2n) is 9.16. The van der Waals surface area contributed by atoms with E-state index in [2.05, 4.69) is 20.1 Å². The van der Waals surface area contributed by atoms with Gasteiger partial charge in [-0.05, 0) is 48.9 Å². The molecule has 38 heavy (non-hydrogen) atoms. The van der Waals surface area contributed by atoms with Crippen molar-refractivity contribution in [2.45, 2.75) is 18.8 Å². The maximum absolute atomic E-state index is 13.2. The predicted molar refractivity (Wildman–Crippen MR) is 132 cm³/mol. The lowest BCUT2D eigenvalue weighted by molar-refractivity contribution is -0.143. The van der Waals surface area contributed by atoms with Crippen LogP contribution in [0.15, 0.2) is 60.8 Å². The van der Waals surface area contributed by atoms with Crippen molar-refractivity contribution in [3.8, 4) is 11.1 Å². The minimum atomic E-state index is -4.93. The van der Waals surface area contributed by atoms with Crippen LogP contribution in [0, 0.1) is 0 Å². The Bertz CT molecular complexity index is 1240. The quantitative estimate of drug-likeness (QED) is 0.422. The second-order valence-corrected chi connectivity index (χ2v) is 9.16. The van der Waals surface area contributed by atoms with Crippen molar-refractivity contribution in [1.29, 1.82) is 0 Å². The number of amides is 1. The summed E-state index contributed by atoms with van der Waals surface area (Å²) in [6, 6.07) is 12.2. The summed E-state index contributed by atoms with van der Waals surface area (Å²) in [4.78, 5) is 22.0. The van der Waals surface area contributed by atoms with E-state index in [4.69, 9.17) is 0 Å². The van der Waals surface area contributed by atoms with Crippen molar-refractivity contribution in [2.75, 3.05) is 44.7 Å². The molecule has 5 nitrogen and oxygen atoms in total. The van der Waals surface area contributed by atoms with Gasteiger partial charge in [-0.3, -0.25) is 4.79 Å². The highest BCUT2D eigenvalue weighted by molar-refractivity contribution is 6.01. The van der Waals surface area contributed by atoms with Crippen molar-refractivity contribution in [3.05, 3.63) is 83.0 Å². The number of rotatable bonds is 6. The highest BCUT2D eigenvalue weighted by Gasteiger charge is 2.36. The molecule has 0 radical (unpaired) electrons. The molecule has 1 amide bonds. The van der Waals surface area contributed by atoms with Gasteiger partial charge in [-0.25, -0.2) is 4.98 Å². The van der Waals surface area contributed by atoms with Gasteiger partial charge < -0.3 is 15.1 Å². The second kappa shape index (κ2) is 11.0. The van der Waals surface area contributed by atoms with Crippen LogP contribution in [0.4, 0.5) is 32.2 Å². The summed E-state index contributed by atoms with van der Waals surface area (Å²) < 4.78 is 79.1. The predicted octanol–water partition coefficient (Wildman–Crippen LogP) is 5.51. The Hall–Kier alpha value is -3.60. The first-order valence-corrected chi connectivity index (χ1v) is 12.0. The van der Waals surface area contributed by atoms with E-state index in [1.807, 2.05) is 37.4 Å². The van der Waals surface area contributed by atoms with Crippen LogP contribution in [-0.4, -0.2) is 55.6 Å². The molecule has 0 spiro atoms. The smallest absolute Gasteiger partial charge is 0.354 e. The summed E-state index contributed by atoms with van der Waals surface area (Å²) in [6.45, 7) is 2.97. The number of anilines is 1. The van der Waals surface area contributed by atoms with Crippen molar-refractivity contribution in [1.82, 2.24) is 15.2 Å². The lowest BCUT2D eigenvalue weighted by Gasteiger charge is -2.33. The first-order valence-electron chi connectivity index (χ1n) is 12.0. The third-order valence-corrected chi connectivity index (χ3v) is 6.39. The van der Waals surface area contributed by atoms with Gasteiger partial charge in [0.25, 0.3) is 5.91 Å². The number of benzene rings is 2. The van der Waals surface area contributed by atoms with Crippen molar-refractivity contribution >= 4 is 11.7 Å². The Kier molecular flexibility index (Phi) is 7.96. The normalized spacial score (nSPS) is 15.0. The summed E-state index contributed by atoms with van der Waals surface area (Å²) in [7, 11) is 2.02. The van der Waals surface area contributed by atoms with Gasteiger partial charge in [0.1, 0.15) is 5.82 Å². The van der Waals surface area contributed by atoms with Crippen LogP contribution < -0.4 is 10.2 Å². The Balaban J connectivity index is 1.56. The van der Waals surface area contributed by atoms with E-state index >= 15 is 0 Å². The van der Waals surface area contributed by atoms with Crippen molar-refractivity contribution < 1.29 is 31.1 Å². The van der Waals surface area contributed by atoms with Crippen LogP contribution in [0.1, 0.15) is 27.0 Å². The Morgan fingerprint density at radius 1 is 0.895 bits per heavy atom. The number of carbonyl (C=O) groups excluding carboxylic acids is 1. The van der Waals surface area contributed by atoms with E-state index < -0.39 is 29.4 Å². The summed E-state index contributed by atoms with van der Waals surface area (Å²) >= 11 is 0. The maximum atomic E-state index is 13.2. The standard InChI is InChI=1S/C27H26F6N4O/c1-36-9-11-37(12-10-36)24-16-22(23(17-35-24)19-5-3-2-4-6-19)25(38)34-8-7-18-13-20(26(28,29)30)15-21(14-18)27(31,32)33/h2-6,13-17H,7-12H2,1H3,(H,34,38). The molecule has 2 heterocycles. The van der Waals surface area contributed by atoms with Gasteiger partial charge in [-0.2, -0.15) is 26.3 Å². The van der Waals surface area contributed by atoms with Crippen molar-refractivity contribution in [2.24, 2.45) is 0 Å². The molecule has 0 bridgehead atoms. The molecule has 0 atom stereocenters. The Morgan fingerprint density at radius 3 is 2.08 bits per heavy atom. The number of nitrogens with one attached hydrogen (secondary N) is 1. The fraction of sp³-hybridized carbons (Fsp3) is 0.333. The summed E-state index contributed by atoms with van der Waals surface area (Å²) in [5, 5.41) is 2.66. The number of pyridine rings is 1. The first kappa shape index (κ1) is 27.4. The molecule has 1 N–H and O–H groups in total. The molecule has 1 aromatic heterocycles. The maximum Gasteiger partial charge on any atom is 0.416 e. The molecule has 202 valence electrons. The van der Waals surface area contributed by atoms with Gasteiger partial charge in [0.15, 0.2) is 0 Å². The molecule has 1 fully saturated rings. The fourth-order valence-corrected chi connectivity index (χ4v) is 4.27. The minimum Gasteiger partial charge on any atom is -0.354 e. The largest absolute Gasteiger partial charge is 0.416 e. The van der Waals surface area contributed by atoms with E-state index in [0.717, 1.165) is 31.7 Å². The van der Waals surface area contributed by atoms with E-state index in [1.54, 1.807) is 12.3 Å². The number of hydrogen-bond donors (Lipinski definition) is 1. The van der Waals surface area contributed by atoms with Crippen LogP contribution in [0.3, 0.4) is 0 Å². The molecule has 1 aliphatic heterocycles. The number of likely N-dealkylation sites (N-methyl/N-ethyl adjacent to an activating group) is 1. The van der Waals surface area contributed by atoms with E-state index in [0.29, 0.717) is 29.1 Å². The SMILES string of the molecule is CN1CCN(c2cc(C(=O)NCCc3cc(C(F)(F)F)cc(C(F)(F)F)c3)c(-c3ccccc3)cn2)CC1. The monoisotopic (exact) mass is 536 g/mol. The summed E-state index contributed by atoms with van der Waals surface area (Å²) in [6.07, 6.45) is -8.46. The average Bonchev–Trinajstić information content (AvgIpc) is 2.88. The lowest BCUT2D eigenvalue weighted by Crippen LogP contribution is -2.44. The van der Waals surface area contributed by atoms with Gasteiger partial charge in [0, 0.05) is 44.5 Å². The fourth-order valence-electron chi connectivity index (χ4n) is 4.27. The zero-order chi connectivity index (χ0) is 27.5. The molecule has 1 aliphatic rings. The van der Waals surface area contributed by atoms with Crippen LogP contribution in [0.25, 0.3) is 11.1 Å². The summed E-state index contributed by atoms with van der Waals surface area (Å²) in [5.74, 6) is 0.125. The number of carbonyl (C=O) groups is 1. The van der Waals surface area contributed by atoms with Gasteiger partial charge in [0.05, 0.1) is 16.7 Å². The van der Waals surface area contributed by atoms with Gasteiger partial charge in [0.2, 0.25) is 0 Å². The Labute approximate surface area is 216 Å². The molecule has 0 saturated carbocycles. The zero-order valence-electron chi connectivity index (χ0n) is 20.5. The number of halogens is 6. The third kappa shape index (κ3) is 6.63. The van der Waals surface area contributed by atoms with Crippen LogP contribution >= 0.6 is 0 Å². The number of piperazine rings is 1. The molecule has 4 rings (SSSR count). The van der Waals surface area contributed by atoms with E-state index in [9.17, 15) is 31.1 Å². The van der Waals surface area contributed by atoms with Gasteiger partial charge in [-0.15, -0.1) is 0 Å². The molecule has 2 aromatic carbocycles. The molecule has 11 heteroatoms. The van der Waals surface area contributed by atoms with E-state index in [1.165, 1.54) is 0 Å². The van der Waals surface area contributed by atoms with Crippen LogP contribution in [0.2, 0.25) is 0 Å². The first-order chi connectivity index (χ1) is 17.9. The topological polar surface area (TPSA) is 48.5 Å². The van der Waals surface area contributed by atoms with Crippen LogP contribution in [0.5, 0.6) is 0 Å².